The second-order valence-electron chi connectivity index (χ2n) is 4.46. The molecule has 2 aromatic carbocycles. The summed E-state index contributed by atoms with van der Waals surface area (Å²) in [5.74, 6) is 0.439. The number of carbonyl (C=O) groups is 1. The first-order valence-electron chi connectivity index (χ1n) is 6.34. The predicted octanol–water partition coefficient (Wildman–Crippen LogP) is 3.76. The Bertz CT molecular complexity index is 615. The molecule has 0 saturated carbocycles. The van der Waals surface area contributed by atoms with E-state index in [1.165, 1.54) is 0 Å². The second kappa shape index (κ2) is 6.57. The van der Waals surface area contributed by atoms with Crippen molar-refractivity contribution in [2.75, 3.05) is 6.61 Å². The Hall–Kier alpha value is -2.55. The van der Waals surface area contributed by atoms with Crippen molar-refractivity contribution in [1.29, 1.82) is 0 Å². The molecule has 0 radical (unpaired) electrons. The molecule has 0 amide bonds. The minimum Gasteiger partial charge on any atom is -0.516 e. The van der Waals surface area contributed by atoms with E-state index in [-0.39, 0.29) is 12.4 Å². The summed E-state index contributed by atoms with van der Waals surface area (Å²) in [6.07, 6.45) is 1.00. The minimum atomic E-state index is -0.0770. The Labute approximate surface area is 118 Å². The summed E-state index contributed by atoms with van der Waals surface area (Å²) in [6, 6.07) is 16.2. The lowest BCUT2D eigenvalue weighted by Gasteiger charge is -2.10. The number of carbonyl (C=O) groups excluding carboxylic acids is 1. The van der Waals surface area contributed by atoms with Gasteiger partial charge in [-0.1, -0.05) is 42.5 Å². The van der Waals surface area contributed by atoms with E-state index in [2.05, 4.69) is 0 Å². The van der Waals surface area contributed by atoms with Crippen LogP contribution in [-0.4, -0.2) is 17.5 Å². The van der Waals surface area contributed by atoms with Crippen molar-refractivity contribution in [3.63, 3.8) is 0 Å². The summed E-state index contributed by atoms with van der Waals surface area (Å²) in [7, 11) is 0. The molecule has 0 saturated heterocycles. The van der Waals surface area contributed by atoms with Gasteiger partial charge in [0.2, 0.25) is 0 Å². The van der Waals surface area contributed by atoms with Gasteiger partial charge in [-0.15, -0.1) is 0 Å². The van der Waals surface area contributed by atoms with Crippen LogP contribution in [0.2, 0.25) is 0 Å². The van der Waals surface area contributed by atoms with Crippen LogP contribution in [0.3, 0.4) is 0 Å². The van der Waals surface area contributed by atoms with Crippen LogP contribution in [0, 0.1) is 0 Å². The molecule has 20 heavy (non-hydrogen) atoms. The monoisotopic (exact) mass is 268 g/mol. The van der Waals surface area contributed by atoms with Gasteiger partial charge in [0.25, 0.3) is 0 Å². The van der Waals surface area contributed by atoms with Gasteiger partial charge in [-0.05, 0) is 24.6 Å². The molecular formula is C17H16O3. The summed E-state index contributed by atoms with van der Waals surface area (Å²) < 4.78 is 5.58. The van der Waals surface area contributed by atoms with Crippen LogP contribution in [0.25, 0.3) is 0 Å². The molecule has 0 unspecified atom stereocenters. The number of aliphatic hydroxyl groups excluding tert-OH is 1. The summed E-state index contributed by atoms with van der Waals surface area (Å²) in [5, 5.41) is 8.86. The number of para-hydroxylation sites is 1. The molecule has 0 aliphatic heterocycles. The Balaban J connectivity index is 2.26. The number of hydrogen-bond acceptors (Lipinski definition) is 3. The topological polar surface area (TPSA) is 46.5 Å². The van der Waals surface area contributed by atoms with E-state index in [0.29, 0.717) is 22.4 Å². The van der Waals surface area contributed by atoms with Gasteiger partial charge in [-0.25, -0.2) is 0 Å². The third kappa shape index (κ3) is 3.26. The summed E-state index contributed by atoms with van der Waals surface area (Å²) in [4.78, 5) is 12.4. The molecule has 102 valence electrons. The van der Waals surface area contributed by atoms with Gasteiger partial charge in [0.1, 0.15) is 12.4 Å². The number of aliphatic hydroxyl groups is 1. The minimum absolute atomic E-state index is 0.0770. The van der Waals surface area contributed by atoms with Crippen molar-refractivity contribution in [2.24, 2.45) is 0 Å². The van der Waals surface area contributed by atoms with E-state index in [4.69, 9.17) is 9.84 Å². The molecule has 0 fully saturated rings. The Morgan fingerprint density at radius 3 is 2.45 bits per heavy atom. The van der Waals surface area contributed by atoms with Crippen LogP contribution in [0.4, 0.5) is 0 Å². The average molecular weight is 268 g/mol. The number of ketones is 1. The molecule has 3 heteroatoms. The Morgan fingerprint density at radius 1 is 1.10 bits per heavy atom. The van der Waals surface area contributed by atoms with Gasteiger partial charge in [-0.3, -0.25) is 4.79 Å². The third-order valence-electron chi connectivity index (χ3n) is 2.84. The summed E-state index contributed by atoms with van der Waals surface area (Å²) in [6.45, 7) is 2.00. The number of ether oxygens (including phenoxy) is 1. The normalized spacial score (nSPS) is 11.2. The molecule has 0 bridgehead atoms. The van der Waals surface area contributed by atoms with E-state index in [0.717, 1.165) is 6.26 Å². The first kappa shape index (κ1) is 13.9. The molecule has 0 aromatic heterocycles. The van der Waals surface area contributed by atoms with Crippen LogP contribution >= 0.6 is 0 Å². The zero-order valence-corrected chi connectivity index (χ0v) is 11.2. The van der Waals surface area contributed by atoms with Gasteiger partial charge < -0.3 is 9.84 Å². The number of hydrogen-bond donors (Lipinski definition) is 1. The molecule has 0 aliphatic rings. The fourth-order valence-corrected chi connectivity index (χ4v) is 1.75. The molecule has 3 nitrogen and oxygen atoms in total. The molecule has 0 atom stereocenters. The first-order chi connectivity index (χ1) is 9.72. The smallest absolute Gasteiger partial charge is 0.196 e. The zero-order valence-electron chi connectivity index (χ0n) is 11.2. The highest BCUT2D eigenvalue weighted by Gasteiger charge is 2.13. The fourth-order valence-electron chi connectivity index (χ4n) is 1.75. The van der Waals surface area contributed by atoms with E-state index in [1.807, 2.05) is 24.3 Å². The molecule has 0 heterocycles. The average Bonchev–Trinajstić information content (AvgIpc) is 2.53. The van der Waals surface area contributed by atoms with E-state index < -0.39 is 0 Å². The lowest BCUT2D eigenvalue weighted by atomic mass is 10.0. The highest BCUT2D eigenvalue weighted by Crippen LogP contribution is 2.22. The van der Waals surface area contributed by atoms with Crippen LogP contribution in [0.1, 0.15) is 22.8 Å². The lowest BCUT2D eigenvalue weighted by Crippen LogP contribution is -2.06. The van der Waals surface area contributed by atoms with Crippen molar-refractivity contribution in [3.8, 4) is 5.75 Å². The Kier molecular flexibility index (Phi) is 4.56. The highest BCUT2D eigenvalue weighted by atomic mass is 16.5. The molecule has 1 N–H and O–H groups in total. The lowest BCUT2D eigenvalue weighted by molar-refractivity contribution is 0.103. The largest absolute Gasteiger partial charge is 0.516 e. The second-order valence-corrected chi connectivity index (χ2v) is 4.46. The summed E-state index contributed by atoms with van der Waals surface area (Å²) in [5.41, 5.74) is 1.83. The van der Waals surface area contributed by atoms with Gasteiger partial charge in [-0.2, -0.15) is 0 Å². The molecule has 2 rings (SSSR count). The van der Waals surface area contributed by atoms with Crippen molar-refractivity contribution in [2.45, 2.75) is 6.92 Å². The van der Waals surface area contributed by atoms with Crippen LogP contribution in [-0.2, 0) is 0 Å². The number of benzene rings is 2. The molecule has 0 spiro atoms. The van der Waals surface area contributed by atoms with E-state index in [1.54, 1.807) is 37.3 Å². The van der Waals surface area contributed by atoms with Gasteiger partial charge >= 0.3 is 0 Å². The maximum Gasteiger partial charge on any atom is 0.196 e. The predicted molar refractivity (Wildman–Crippen MR) is 78.2 cm³/mol. The third-order valence-corrected chi connectivity index (χ3v) is 2.84. The van der Waals surface area contributed by atoms with Crippen LogP contribution in [0.5, 0.6) is 5.75 Å². The van der Waals surface area contributed by atoms with E-state index in [9.17, 15) is 4.79 Å². The van der Waals surface area contributed by atoms with Crippen molar-refractivity contribution in [1.82, 2.24) is 0 Å². The van der Waals surface area contributed by atoms with Gasteiger partial charge in [0.15, 0.2) is 5.78 Å². The van der Waals surface area contributed by atoms with E-state index >= 15 is 0 Å². The zero-order chi connectivity index (χ0) is 14.4. The standard InChI is InChI=1S/C17H16O3/c1-13(11-18)12-20-16-10-6-5-9-15(16)17(19)14-7-3-2-4-8-14/h2-11,18H,12H2,1H3/b13-11-. The van der Waals surface area contributed by atoms with Crippen molar-refractivity contribution in [3.05, 3.63) is 77.6 Å². The maximum atomic E-state index is 12.4. The first-order valence-corrected chi connectivity index (χ1v) is 6.34. The quantitative estimate of drug-likeness (QED) is 0.663. The molecule has 2 aromatic rings. The Morgan fingerprint density at radius 2 is 1.75 bits per heavy atom. The van der Waals surface area contributed by atoms with Gasteiger partial charge in [0, 0.05) is 5.56 Å². The SMILES string of the molecule is C/C(=C/O)COc1ccccc1C(=O)c1ccccc1. The number of rotatable bonds is 5. The van der Waals surface area contributed by atoms with Crippen molar-refractivity contribution >= 4 is 5.78 Å². The van der Waals surface area contributed by atoms with Crippen LogP contribution in [0.15, 0.2) is 66.4 Å². The molecular weight excluding hydrogens is 252 g/mol. The van der Waals surface area contributed by atoms with Crippen LogP contribution < -0.4 is 4.74 Å². The highest BCUT2D eigenvalue weighted by molar-refractivity contribution is 6.10. The van der Waals surface area contributed by atoms with Gasteiger partial charge in [0.05, 0.1) is 11.8 Å². The summed E-state index contributed by atoms with van der Waals surface area (Å²) >= 11 is 0. The van der Waals surface area contributed by atoms with Crippen molar-refractivity contribution < 1.29 is 14.6 Å². The fraction of sp³-hybridized carbons (Fsp3) is 0.118. The molecule has 0 aliphatic carbocycles. The maximum absolute atomic E-state index is 12.4.